The van der Waals surface area contributed by atoms with Crippen LogP contribution < -0.4 is 0 Å². The Morgan fingerprint density at radius 1 is 0.500 bits per heavy atom. The number of hydrogen-bond acceptors (Lipinski definition) is 1. The van der Waals surface area contributed by atoms with Crippen LogP contribution in [0.2, 0.25) is 0 Å². The molecule has 3 heteroatoms. The van der Waals surface area contributed by atoms with Crippen molar-refractivity contribution in [3.63, 3.8) is 0 Å². The average molecular weight is 528 g/mol. The lowest BCUT2D eigenvalue weighted by molar-refractivity contribution is 0.628. The molecular weight excluding hydrogens is 509 g/mol. The number of halogens is 2. The Balaban J connectivity index is 1.60. The lowest BCUT2D eigenvalue weighted by atomic mass is 9.90. The van der Waals surface area contributed by atoms with E-state index in [1.807, 2.05) is 12.1 Å². The standard InChI is InChI=1S/C33H19BrFN/c34-23-15-18-29-30(19-23)36-33(22-11-9-20(10-12-22)21-13-16-24(35)17-14-21)32-28-8-4-2-6-26(28)25-5-1-3-7-27(25)31(29)32/h1-19H. The first-order valence-corrected chi connectivity index (χ1v) is 12.7. The second-order valence-corrected chi connectivity index (χ2v) is 9.96. The molecule has 6 aromatic carbocycles. The quantitative estimate of drug-likeness (QED) is 0.204. The number of benzene rings is 6. The predicted molar refractivity (Wildman–Crippen MR) is 153 cm³/mol. The fourth-order valence-corrected chi connectivity index (χ4v) is 5.67. The Bertz CT molecular complexity index is 1940. The highest BCUT2D eigenvalue weighted by Crippen LogP contribution is 2.43. The van der Waals surface area contributed by atoms with Crippen LogP contribution in [0.1, 0.15) is 0 Å². The van der Waals surface area contributed by atoms with Gasteiger partial charge in [0.05, 0.1) is 11.2 Å². The first-order chi connectivity index (χ1) is 17.7. The third kappa shape index (κ3) is 3.31. The van der Waals surface area contributed by atoms with Crippen molar-refractivity contribution in [1.82, 2.24) is 4.98 Å². The van der Waals surface area contributed by atoms with E-state index in [4.69, 9.17) is 4.98 Å². The van der Waals surface area contributed by atoms with Gasteiger partial charge >= 0.3 is 0 Å². The minimum Gasteiger partial charge on any atom is -0.247 e. The van der Waals surface area contributed by atoms with Crippen molar-refractivity contribution in [2.45, 2.75) is 0 Å². The molecule has 0 radical (unpaired) electrons. The van der Waals surface area contributed by atoms with Crippen molar-refractivity contribution in [3.05, 3.63) is 126 Å². The van der Waals surface area contributed by atoms with E-state index in [9.17, 15) is 4.39 Å². The molecule has 1 aromatic heterocycles. The van der Waals surface area contributed by atoms with Crippen molar-refractivity contribution in [3.8, 4) is 22.4 Å². The third-order valence-corrected chi connectivity index (χ3v) is 7.46. The Kier molecular flexibility index (Phi) is 4.86. The van der Waals surface area contributed by atoms with Gasteiger partial charge in [0.15, 0.2) is 0 Å². The summed E-state index contributed by atoms with van der Waals surface area (Å²) < 4.78 is 14.4. The van der Waals surface area contributed by atoms with Gasteiger partial charge in [-0.3, -0.25) is 0 Å². The summed E-state index contributed by atoms with van der Waals surface area (Å²) in [7, 11) is 0. The molecule has 0 fully saturated rings. The SMILES string of the molecule is Fc1ccc(-c2ccc(-c3nc4cc(Br)ccc4c4c5ccccc5c5ccccc5c34)cc2)cc1. The summed E-state index contributed by atoms with van der Waals surface area (Å²) in [5.41, 5.74) is 4.99. The van der Waals surface area contributed by atoms with Crippen molar-refractivity contribution in [2.24, 2.45) is 0 Å². The molecule has 0 bridgehead atoms. The van der Waals surface area contributed by atoms with Crippen LogP contribution >= 0.6 is 15.9 Å². The maximum Gasteiger partial charge on any atom is 0.123 e. The fourth-order valence-electron chi connectivity index (χ4n) is 5.32. The second-order valence-electron chi connectivity index (χ2n) is 9.05. The molecule has 0 aliphatic rings. The van der Waals surface area contributed by atoms with E-state index in [2.05, 4.69) is 107 Å². The van der Waals surface area contributed by atoms with Crippen LogP contribution in [0.5, 0.6) is 0 Å². The number of pyridine rings is 1. The van der Waals surface area contributed by atoms with E-state index >= 15 is 0 Å². The molecule has 0 aliphatic heterocycles. The Hall–Kier alpha value is -4.08. The van der Waals surface area contributed by atoms with E-state index in [1.165, 1.54) is 39.1 Å². The highest BCUT2D eigenvalue weighted by molar-refractivity contribution is 9.10. The largest absolute Gasteiger partial charge is 0.247 e. The molecule has 0 unspecified atom stereocenters. The van der Waals surface area contributed by atoms with Crippen LogP contribution in [-0.2, 0) is 0 Å². The number of fused-ring (bicyclic) bond motifs is 8. The summed E-state index contributed by atoms with van der Waals surface area (Å²) in [5.74, 6) is -0.229. The summed E-state index contributed by atoms with van der Waals surface area (Å²) in [6.45, 7) is 0. The van der Waals surface area contributed by atoms with Crippen molar-refractivity contribution < 1.29 is 4.39 Å². The van der Waals surface area contributed by atoms with Crippen LogP contribution in [0.25, 0.3) is 65.6 Å². The highest BCUT2D eigenvalue weighted by Gasteiger charge is 2.17. The predicted octanol–water partition coefficient (Wildman–Crippen LogP) is 9.93. The van der Waals surface area contributed by atoms with Gasteiger partial charge in [0.25, 0.3) is 0 Å². The summed E-state index contributed by atoms with van der Waals surface area (Å²) in [6, 6.07) is 38.6. The maximum absolute atomic E-state index is 13.4. The second kappa shape index (κ2) is 8.25. The molecule has 0 saturated heterocycles. The number of rotatable bonds is 2. The van der Waals surface area contributed by atoms with E-state index in [0.717, 1.165) is 43.1 Å². The first-order valence-electron chi connectivity index (χ1n) is 11.9. The first kappa shape index (κ1) is 21.2. The summed E-state index contributed by atoms with van der Waals surface area (Å²) >= 11 is 3.64. The molecule has 0 spiro atoms. The van der Waals surface area contributed by atoms with Crippen LogP contribution in [0.4, 0.5) is 4.39 Å². The number of nitrogens with zero attached hydrogens (tertiary/aromatic N) is 1. The average Bonchev–Trinajstić information content (AvgIpc) is 2.93. The molecule has 7 rings (SSSR count). The van der Waals surface area contributed by atoms with E-state index in [1.54, 1.807) is 0 Å². The van der Waals surface area contributed by atoms with Gasteiger partial charge in [0.2, 0.25) is 0 Å². The van der Waals surface area contributed by atoms with E-state index < -0.39 is 0 Å². The smallest absolute Gasteiger partial charge is 0.123 e. The minimum absolute atomic E-state index is 0.229. The van der Waals surface area contributed by atoms with Crippen LogP contribution in [0, 0.1) is 5.82 Å². The molecule has 0 aliphatic carbocycles. The van der Waals surface area contributed by atoms with Crippen molar-refractivity contribution in [2.75, 3.05) is 0 Å². The molecule has 7 aromatic rings. The Morgan fingerprint density at radius 2 is 1.03 bits per heavy atom. The van der Waals surface area contributed by atoms with E-state index in [0.29, 0.717) is 0 Å². The zero-order valence-electron chi connectivity index (χ0n) is 19.2. The normalized spacial score (nSPS) is 11.6. The van der Waals surface area contributed by atoms with Gasteiger partial charge in [-0.1, -0.05) is 107 Å². The summed E-state index contributed by atoms with van der Waals surface area (Å²) in [4.78, 5) is 5.23. The van der Waals surface area contributed by atoms with Gasteiger partial charge < -0.3 is 0 Å². The van der Waals surface area contributed by atoms with Gasteiger partial charge in [-0.2, -0.15) is 0 Å². The zero-order chi connectivity index (χ0) is 24.2. The van der Waals surface area contributed by atoms with Crippen LogP contribution in [-0.4, -0.2) is 4.98 Å². The maximum atomic E-state index is 13.4. The van der Waals surface area contributed by atoms with Gasteiger partial charge in [-0.05, 0) is 56.9 Å². The summed E-state index contributed by atoms with van der Waals surface area (Å²) in [5, 5.41) is 8.41. The van der Waals surface area contributed by atoms with Crippen molar-refractivity contribution >= 4 is 59.2 Å². The molecule has 36 heavy (non-hydrogen) atoms. The molecule has 0 amide bonds. The fraction of sp³-hybridized carbons (Fsp3) is 0. The topological polar surface area (TPSA) is 12.9 Å². The van der Waals surface area contributed by atoms with Crippen LogP contribution in [0.15, 0.2) is 120 Å². The molecule has 1 nitrogen and oxygen atoms in total. The third-order valence-electron chi connectivity index (χ3n) is 6.97. The number of aromatic nitrogens is 1. The van der Waals surface area contributed by atoms with Gasteiger partial charge in [-0.15, -0.1) is 0 Å². The minimum atomic E-state index is -0.229. The molecule has 170 valence electrons. The highest BCUT2D eigenvalue weighted by atomic mass is 79.9. The van der Waals surface area contributed by atoms with Crippen molar-refractivity contribution in [1.29, 1.82) is 0 Å². The van der Waals surface area contributed by atoms with Gasteiger partial charge in [-0.25, -0.2) is 9.37 Å². The lowest BCUT2D eigenvalue weighted by Crippen LogP contribution is -1.93. The monoisotopic (exact) mass is 527 g/mol. The molecule has 0 atom stereocenters. The molecular formula is C33H19BrFN. The zero-order valence-corrected chi connectivity index (χ0v) is 20.8. The number of hydrogen-bond donors (Lipinski definition) is 0. The van der Waals surface area contributed by atoms with Crippen LogP contribution in [0.3, 0.4) is 0 Å². The summed E-state index contributed by atoms with van der Waals surface area (Å²) in [6.07, 6.45) is 0. The molecule has 1 heterocycles. The van der Waals surface area contributed by atoms with Gasteiger partial charge in [0, 0.05) is 26.2 Å². The van der Waals surface area contributed by atoms with E-state index in [-0.39, 0.29) is 5.82 Å². The Labute approximate surface area is 216 Å². The molecule has 0 saturated carbocycles. The van der Waals surface area contributed by atoms with Gasteiger partial charge in [0.1, 0.15) is 5.82 Å². The lowest BCUT2D eigenvalue weighted by Gasteiger charge is -2.16. The Morgan fingerprint density at radius 3 is 1.67 bits per heavy atom. The molecule has 0 N–H and O–H groups in total.